The van der Waals surface area contributed by atoms with Gasteiger partial charge in [-0.05, 0) is 37.8 Å². The third kappa shape index (κ3) is 4.67. The Morgan fingerprint density at radius 2 is 2.00 bits per heavy atom. The molecular weight excluding hydrogens is 260 g/mol. The number of hydrogen-bond donors (Lipinski definition) is 1. The molecule has 0 aliphatic rings. The molecule has 1 unspecified atom stereocenters. The van der Waals surface area contributed by atoms with Gasteiger partial charge in [0.05, 0.1) is 17.9 Å². The second-order valence-corrected chi connectivity index (χ2v) is 5.37. The van der Waals surface area contributed by atoms with E-state index in [9.17, 15) is 0 Å². The molecule has 0 aliphatic carbocycles. The summed E-state index contributed by atoms with van der Waals surface area (Å²) in [6.45, 7) is 6.23. The zero-order valence-electron chi connectivity index (χ0n) is 13.1. The molecule has 1 aromatic heterocycles. The Bertz CT molecular complexity index is 507. The topological polar surface area (TPSA) is 42.7 Å². The Balaban J connectivity index is 1.94. The average Bonchev–Trinajstić information content (AvgIpc) is 2.96. The van der Waals surface area contributed by atoms with Crippen molar-refractivity contribution < 1.29 is 0 Å². The Labute approximate surface area is 127 Å². The largest absolute Gasteiger partial charge is 0.309 e. The summed E-state index contributed by atoms with van der Waals surface area (Å²) >= 11 is 0. The summed E-state index contributed by atoms with van der Waals surface area (Å²) in [5.41, 5.74) is 2.62. The van der Waals surface area contributed by atoms with E-state index in [0.29, 0.717) is 6.04 Å². The van der Waals surface area contributed by atoms with Crippen LogP contribution in [-0.2, 0) is 13.0 Å². The molecule has 1 aromatic carbocycles. The van der Waals surface area contributed by atoms with E-state index in [1.165, 1.54) is 17.7 Å². The minimum Gasteiger partial charge on any atom is -0.309 e. The van der Waals surface area contributed by atoms with Gasteiger partial charge in [0.2, 0.25) is 0 Å². The van der Waals surface area contributed by atoms with Gasteiger partial charge in [-0.3, -0.25) is 0 Å². The molecule has 0 saturated heterocycles. The number of rotatable bonds is 9. The van der Waals surface area contributed by atoms with Crippen LogP contribution in [-0.4, -0.2) is 21.5 Å². The van der Waals surface area contributed by atoms with Crippen LogP contribution < -0.4 is 5.32 Å². The molecule has 0 amide bonds. The second kappa shape index (κ2) is 8.57. The van der Waals surface area contributed by atoms with Crippen molar-refractivity contribution >= 4 is 0 Å². The Hall–Kier alpha value is -1.68. The zero-order valence-corrected chi connectivity index (χ0v) is 13.1. The third-order valence-corrected chi connectivity index (χ3v) is 3.69. The van der Waals surface area contributed by atoms with Gasteiger partial charge >= 0.3 is 0 Å². The maximum atomic E-state index is 4.20. The molecule has 0 spiro atoms. The molecule has 1 N–H and O–H groups in total. The first-order chi connectivity index (χ1) is 10.3. The summed E-state index contributed by atoms with van der Waals surface area (Å²) in [6.07, 6.45) is 6.39. The highest BCUT2D eigenvalue weighted by atomic mass is 15.4. The van der Waals surface area contributed by atoms with Crippen LogP contribution >= 0.6 is 0 Å². The molecule has 0 saturated carbocycles. The van der Waals surface area contributed by atoms with Crippen LogP contribution in [0.25, 0.3) is 0 Å². The van der Waals surface area contributed by atoms with Gasteiger partial charge in [-0.2, -0.15) is 0 Å². The van der Waals surface area contributed by atoms with E-state index in [0.717, 1.165) is 32.4 Å². The van der Waals surface area contributed by atoms with Crippen LogP contribution in [0.2, 0.25) is 0 Å². The molecule has 2 rings (SSSR count). The van der Waals surface area contributed by atoms with E-state index in [1.54, 1.807) is 0 Å². The number of benzene rings is 1. The maximum absolute atomic E-state index is 4.20. The molecule has 21 heavy (non-hydrogen) atoms. The summed E-state index contributed by atoms with van der Waals surface area (Å²) in [6, 6.07) is 11.0. The smallest absolute Gasteiger partial charge is 0.0756 e. The number of aryl methyl sites for hydroxylation is 2. The highest BCUT2D eigenvalue weighted by Crippen LogP contribution is 2.19. The maximum Gasteiger partial charge on any atom is 0.0756 e. The van der Waals surface area contributed by atoms with Crippen molar-refractivity contribution in [3.8, 4) is 0 Å². The zero-order chi connectivity index (χ0) is 14.9. The summed E-state index contributed by atoms with van der Waals surface area (Å²) in [7, 11) is 0. The van der Waals surface area contributed by atoms with Gasteiger partial charge in [-0.25, -0.2) is 4.68 Å². The van der Waals surface area contributed by atoms with Crippen LogP contribution in [0.1, 0.15) is 50.4 Å². The van der Waals surface area contributed by atoms with Crippen molar-refractivity contribution in [2.24, 2.45) is 0 Å². The minimum absolute atomic E-state index is 0.347. The van der Waals surface area contributed by atoms with Gasteiger partial charge in [-0.1, -0.05) is 49.4 Å². The van der Waals surface area contributed by atoms with Gasteiger partial charge in [0, 0.05) is 6.54 Å². The highest BCUT2D eigenvalue weighted by Gasteiger charge is 2.15. The van der Waals surface area contributed by atoms with Gasteiger partial charge < -0.3 is 5.32 Å². The first-order valence-electron chi connectivity index (χ1n) is 8.00. The Morgan fingerprint density at radius 3 is 2.71 bits per heavy atom. The van der Waals surface area contributed by atoms with E-state index >= 15 is 0 Å². The van der Waals surface area contributed by atoms with Gasteiger partial charge in [0.25, 0.3) is 0 Å². The Kier molecular flexibility index (Phi) is 6.41. The van der Waals surface area contributed by atoms with E-state index in [2.05, 4.69) is 59.8 Å². The molecule has 114 valence electrons. The number of hydrogen-bond acceptors (Lipinski definition) is 3. The molecule has 0 radical (unpaired) electrons. The van der Waals surface area contributed by atoms with Crippen molar-refractivity contribution in [2.75, 3.05) is 6.54 Å². The molecule has 2 aromatic rings. The predicted octanol–water partition coefficient (Wildman–Crippen LogP) is 3.36. The van der Waals surface area contributed by atoms with Crippen molar-refractivity contribution in [1.29, 1.82) is 0 Å². The lowest BCUT2D eigenvalue weighted by Gasteiger charge is -2.18. The fourth-order valence-corrected chi connectivity index (χ4v) is 2.68. The number of aromatic nitrogens is 3. The standard InChI is InChI=1S/C17H26N4/c1-3-13-21-17(14-19-20-21)16(18-4-2)12-8-11-15-9-6-5-7-10-15/h5-7,9-10,14,16,18H,3-4,8,11-13H2,1-2H3. The highest BCUT2D eigenvalue weighted by molar-refractivity contribution is 5.14. The SMILES string of the molecule is CCCn1nncc1C(CCCc1ccccc1)NCC. The normalized spacial score (nSPS) is 12.5. The Morgan fingerprint density at radius 1 is 1.19 bits per heavy atom. The van der Waals surface area contributed by atoms with Crippen molar-refractivity contribution in [2.45, 2.75) is 52.1 Å². The van der Waals surface area contributed by atoms with Crippen LogP contribution in [0.3, 0.4) is 0 Å². The summed E-state index contributed by atoms with van der Waals surface area (Å²) in [5.74, 6) is 0. The molecule has 4 nitrogen and oxygen atoms in total. The molecule has 1 atom stereocenters. The summed E-state index contributed by atoms with van der Waals surface area (Å²) in [4.78, 5) is 0. The lowest BCUT2D eigenvalue weighted by atomic mass is 10.0. The van der Waals surface area contributed by atoms with Crippen LogP contribution in [0, 0.1) is 0 Å². The van der Waals surface area contributed by atoms with E-state index in [1.807, 2.05) is 10.9 Å². The molecule has 0 bridgehead atoms. The summed E-state index contributed by atoms with van der Waals surface area (Å²) < 4.78 is 2.04. The number of nitrogens with one attached hydrogen (secondary N) is 1. The minimum atomic E-state index is 0.347. The fourth-order valence-electron chi connectivity index (χ4n) is 2.68. The van der Waals surface area contributed by atoms with Crippen molar-refractivity contribution in [3.05, 3.63) is 47.8 Å². The third-order valence-electron chi connectivity index (χ3n) is 3.69. The van der Waals surface area contributed by atoms with E-state index in [-0.39, 0.29) is 0 Å². The van der Waals surface area contributed by atoms with Gasteiger partial charge in [-0.15, -0.1) is 5.10 Å². The first kappa shape index (κ1) is 15.7. The van der Waals surface area contributed by atoms with Gasteiger partial charge in [0.1, 0.15) is 0 Å². The van der Waals surface area contributed by atoms with Crippen LogP contribution in [0.15, 0.2) is 36.5 Å². The lowest BCUT2D eigenvalue weighted by molar-refractivity contribution is 0.445. The first-order valence-corrected chi connectivity index (χ1v) is 8.00. The van der Waals surface area contributed by atoms with E-state index < -0.39 is 0 Å². The lowest BCUT2D eigenvalue weighted by Crippen LogP contribution is -2.24. The monoisotopic (exact) mass is 286 g/mol. The van der Waals surface area contributed by atoms with Crippen molar-refractivity contribution in [1.82, 2.24) is 20.3 Å². The van der Waals surface area contributed by atoms with Crippen LogP contribution in [0.5, 0.6) is 0 Å². The fraction of sp³-hybridized carbons (Fsp3) is 0.529. The molecular formula is C17H26N4. The molecule has 0 aliphatic heterocycles. The molecule has 0 fully saturated rings. The number of nitrogens with zero attached hydrogens (tertiary/aromatic N) is 3. The van der Waals surface area contributed by atoms with Crippen molar-refractivity contribution in [3.63, 3.8) is 0 Å². The average molecular weight is 286 g/mol. The van der Waals surface area contributed by atoms with Crippen LogP contribution in [0.4, 0.5) is 0 Å². The quantitative estimate of drug-likeness (QED) is 0.768. The predicted molar refractivity (Wildman–Crippen MR) is 86.1 cm³/mol. The molecule has 1 heterocycles. The van der Waals surface area contributed by atoms with E-state index in [4.69, 9.17) is 0 Å². The molecule has 4 heteroatoms. The summed E-state index contributed by atoms with van der Waals surface area (Å²) in [5, 5.41) is 11.9. The van der Waals surface area contributed by atoms with Gasteiger partial charge in [0.15, 0.2) is 0 Å². The second-order valence-electron chi connectivity index (χ2n) is 5.37.